The number of anilines is 1. The van der Waals surface area contributed by atoms with Crippen LogP contribution in [0, 0.1) is 0 Å². The maximum absolute atomic E-state index is 13.3. The van der Waals surface area contributed by atoms with Crippen molar-refractivity contribution in [3.63, 3.8) is 0 Å². The minimum absolute atomic E-state index is 0.115. The van der Waals surface area contributed by atoms with Gasteiger partial charge in [0.2, 0.25) is 0 Å². The van der Waals surface area contributed by atoms with Gasteiger partial charge in [-0.15, -0.1) is 0 Å². The summed E-state index contributed by atoms with van der Waals surface area (Å²) in [5.41, 5.74) is 1.74. The van der Waals surface area contributed by atoms with Crippen LogP contribution in [0.1, 0.15) is 56.5 Å². The summed E-state index contributed by atoms with van der Waals surface area (Å²) in [6.07, 6.45) is 0.866. The Labute approximate surface area is 210 Å². The average Bonchev–Trinajstić information content (AvgIpc) is 3.21. The summed E-state index contributed by atoms with van der Waals surface area (Å²) in [5, 5.41) is 3.78. The van der Waals surface area contributed by atoms with E-state index in [2.05, 4.69) is 10.3 Å². The van der Waals surface area contributed by atoms with Gasteiger partial charge in [-0.25, -0.2) is 0 Å². The lowest BCUT2D eigenvalue weighted by atomic mass is 10.1. The molecule has 0 bridgehead atoms. The second-order valence-electron chi connectivity index (χ2n) is 9.16. The molecule has 8 nitrogen and oxygen atoms in total. The van der Waals surface area contributed by atoms with Gasteiger partial charge in [-0.3, -0.25) is 9.59 Å². The molecule has 0 aliphatic rings. The van der Waals surface area contributed by atoms with E-state index in [0.29, 0.717) is 46.5 Å². The van der Waals surface area contributed by atoms with Gasteiger partial charge in [0.25, 0.3) is 11.9 Å². The summed E-state index contributed by atoms with van der Waals surface area (Å²) in [5.74, 6) is -0.156. The molecule has 0 aliphatic heterocycles. The van der Waals surface area contributed by atoms with Gasteiger partial charge in [-0.05, 0) is 57.0 Å². The van der Waals surface area contributed by atoms with Gasteiger partial charge < -0.3 is 24.1 Å². The number of oxazole rings is 1. The van der Waals surface area contributed by atoms with Crippen molar-refractivity contribution in [3.8, 4) is 5.75 Å². The molecule has 35 heavy (non-hydrogen) atoms. The first kappa shape index (κ1) is 26.3. The number of benzene rings is 2. The molecule has 0 fully saturated rings. The van der Waals surface area contributed by atoms with Crippen molar-refractivity contribution < 1.29 is 23.5 Å². The zero-order chi connectivity index (χ0) is 25.6. The van der Waals surface area contributed by atoms with Crippen LogP contribution in [0.3, 0.4) is 0 Å². The van der Waals surface area contributed by atoms with E-state index in [1.807, 2.05) is 52.0 Å². The number of methoxy groups -OCH3 is 1. The maximum atomic E-state index is 13.3. The molecule has 3 rings (SSSR count). The van der Waals surface area contributed by atoms with Crippen molar-refractivity contribution in [2.75, 3.05) is 25.5 Å². The van der Waals surface area contributed by atoms with Crippen molar-refractivity contribution in [1.29, 1.82) is 0 Å². The second-order valence-corrected chi connectivity index (χ2v) is 9.59. The van der Waals surface area contributed by atoms with E-state index in [-0.39, 0.29) is 24.8 Å². The first-order chi connectivity index (χ1) is 16.6. The number of nitrogens with one attached hydrogen (secondary N) is 1. The smallest absolute Gasteiger partial charge is 0.308 e. The molecular weight excluding hydrogens is 470 g/mol. The zero-order valence-electron chi connectivity index (χ0n) is 20.8. The van der Waals surface area contributed by atoms with E-state index in [9.17, 15) is 9.59 Å². The Morgan fingerprint density at radius 1 is 1.17 bits per heavy atom. The number of ether oxygens (including phenoxy) is 2. The quantitative estimate of drug-likeness (QED) is 0.357. The molecule has 0 saturated carbocycles. The van der Waals surface area contributed by atoms with Gasteiger partial charge in [-0.1, -0.05) is 30.7 Å². The molecule has 188 valence electrons. The van der Waals surface area contributed by atoms with Crippen LogP contribution in [-0.2, 0) is 16.1 Å². The van der Waals surface area contributed by atoms with Gasteiger partial charge in [0.05, 0.1) is 13.5 Å². The molecule has 1 heterocycles. The molecule has 0 radical (unpaired) electrons. The molecule has 0 atom stereocenters. The van der Waals surface area contributed by atoms with Crippen molar-refractivity contribution in [3.05, 3.63) is 52.5 Å². The molecule has 0 aliphatic carbocycles. The third-order valence-electron chi connectivity index (χ3n) is 5.04. The number of esters is 1. The molecule has 9 heteroatoms. The van der Waals surface area contributed by atoms with Gasteiger partial charge in [-0.2, -0.15) is 4.98 Å². The maximum Gasteiger partial charge on any atom is 0.308 e. The lowest BCUT2D eigenvalue weighted by molar-refractivity contribution is -0.155. The topological polar surface area (TPSA) is 93.9 Å². The van der Waals surface area contributed by atoms with Crippen LogP contribution >= 0.6 is 11.6 Å². The van der Waals surface area contributed by atoms with E-state index < -0.39 is 5.60 Å². The van der Waals surface area contributed by atoms with Crippen LogP contribution in [0.15, 0.2) is 40.8 Å². The average molecular weight is 502 g/mol. The Morgan fingerprint density at radius 2 is 1.94 bits per heavy atom. The van der Waals surface area contributed by atoms with E-state index in [1.54, 1.807) is 17.0 Å². The van der Waals surface area contributed by atoms with E-state index >= 15 is 0 Å². The molecule has 1 aromatic heterocycles. The Kier molecular flexibility index (Phi) is 8.62. The Bertz CT molecular complexity index is 1190. The number of nitrogens with zero attached hydrogens (tertiary/aromatic N) is 2. The highest BCUT2D eigenvalue weighted by molar-refractivity contribution is 6.30. The van der Waals surface area contributed by atoms with Crippen molar-refractivity contribution >= 4 is 40.6 Å². The fourth-order valence-corrected chi connectivity index (χ4v) is 3.78. The van der Waals surface area contributed by atoms with Crippen LogP contribution < -0.4 is 10.1 Å². The number of carbonyl (C=O) groups excluding carboxylic acids is 2. The van der Waals surface area contributed by atoms with Gasteiger partial charge in [0.1, 0.15) is 11.1 Å². The van der Waals surface area contributed by atoms with Gasteiger partial charge in [0, 0.05) is 30.2 Å². The lowest BCUT2D eigenvalue weighted by Gasteiger charge is -2.24. The number of hydrogen-bond acceptors (Lipinski definition) is 7. The number of rotatable bonds is 10. The molecule has 2 aromatic carbocycles. The van der Waals surface area contributed by atoms with Crippen LogP contribution in [0.5, 0.6) is 5.75 Å². The molecule has 1 N–H and O–H groups in total. The van der Waals surface area contributed by atoms with Gasteiger partial charge >= 0.3 is 5.97 Å². The molecule has 3 aromatic rings. The van der Waals surface area contributed by atoms with E-state index in [1.165, 1.54) is 7.11 Å². The predicted molar refractivity (Wildman–Crippen MR) is 136 cm³/mol. The Morgan fingerprint density at radius 3 is 2.60 bits per heavy atom. The SMILES string of the molecule is CCCN(CCC(=O)OC(C)(C)C)C(=O)c1cc(OC)c2oc(NCc3cccc(Cl)c3)nc2c1. The summed E-state index contributed by atoms with van der Waals surface area (Å²) in [4.78, 5) is 31.6. The summed E-state index contributed by atoms with van der Waals surface area (Å²) < 4.78 is 16.7. The van der Waals surface area contributed by atoms with Gasteiger partial charge in [0.15, 0.2) is 11.3 Å². The van der Waals surface area contributed by atoms with Crippen molar-refractivity contribution in [2.45, 2.75) is 52.7 Å². The predicted octanol–water partition coefficient (Wildman–Crippen LogP) is 5.69. The summed E-state index contributed by atoms with van der Waals surface area (Å²) in [6.45, 7) is 8.66. The monoisotopic (exact) mass is 501 g/mol. The number of aromatic nitrogens is 1. The van der Waals surface area contributed by atoms with Crippen molar-refractivity contribution in [1.82, 2.24) is 9.88 Å². The van der Waals surface area contributed by atoms with Crippen LogP contribution in [0.4, 0.5) is 6.01 Å². The highest BCUT2D eigenvalue weighted by Crippen LogP contribution is 2.31. The zero-order valence-corrected chi connectivity index (χ0v) is 21.6. The highest BCUT2D eigenvalue weighted by atomic mass is 35.5. The molecule has 0 unspecified atom stereocenters. The molecular formula is C26H32ClN3O5. The summed E-state index contributed by atoms with van der Waals surface area (Å²) in [7, 11) is 1.51. The van der Waals surface area contributed by atoms with E-state index in [0.717, 1.165) is 12.0 Å². The largest absolute Gasteiger partial charge is 0.493 e. The minimum Gasteiger partial charge on any atom is -0.493 e. The van der Waals surface area contributed by atoms with Crippen molar-refractivity contribution in [2.24, 2.45) is 0 Å². The number of hydrogen-bond donors (Lipinski definition) is 1. The fourth-order valence-electron chi connectivity index (χ4n) is 3.56. The standard InChI is InChI=1S/C26H32ClN3O5/c1-6-11-30(12-10-22(31)35-26(2,3)4)24(32)18-14-20-23(21(15-18)33-5)34-25(29-20)28-16-17-8-7-9-19(27)13-17/h7-9,13-15H,6,10-12,16H2,1-5H3,(H,28,29). The summed E-state index contributed by atoms with van der Waals surface area (Å²) >= 11 is 6.05. The summed E-state index contributed by atoms with van der Waals surface area (Å²) in [6, 6.07) is 11.1. The molecule has 1 amide bonds. The van der Waals surface area contributed by atoms with Crippen LogP contribution in [0.2, 0.25) is 5.02 Å². The lowest BCUT2D eigenvalue weighted by Crippen LogP contribution is -2.35. The first-order valence-electron chi connectivity index (χ1n) is 11.6. The van der Waals surface area contributed by atoms with Crippen LogP contribution in [0.25, 0.3) is 11.1 Å². The number of fused-ring (bicyclic) bond motifs is 1. The van der Waals surface area contributed by atoms with Crippen LogP contribution in [-0.4, -0.2) is 47.6 Å². The Hall–Kier alpha value is -3.26. The third-order valence-corrected chi connectivity index (χ3v) is 5.28. The first-order valence-corrected chi connectivity index (χ1v) is 12.0. The number of amides is 1. The fraction of sp³-hybridized carbons (Fsp3) is 0.423. The Balaban J connectivity index is 1.78. The molecule has 0 saturated heterocycles. The minimum atomic E-state index is -0.569. The molecule has 0 spiro atoms. The van der Waals surface area contributed by atoms with E-state index in [4.69, 9.17) is 25.5 Å². The number of carbonyl (C=O) groups is 2. The highest BCUT2D eigenvalue weighted by Gasteiger charge is 2.22. The number of halogens is 1. The second kappa shape index (κ2) is 11.4. The normalized spacial score (nSPS) is 11.4. The third kappa shape index (κ3) is 7.36.